The Bertz CT molecular complexity index is 1280. The molecule has 0 unspecified atom stereocenters. The Morgan fingerprint density at radius 1 is 1.17 bits per heavy atom. The molecule has 1 saturated heterocycles. The van der Waals surface area contributed by atoms with E-state index in [0.29, 0.717) is 23.1 Å². The van der Waals surface area contributed by atoms with Gasteiger partial charge in [-0.1, -0.05) is 24.1 Å². The number of anilines is 2. The van der Waals surface area contributed by atoms with E-state index < -0.39 is 0 Å². The number of carbonyl (C=O) groups excluding carboxylic acids is 1. The number of amides is 1. The van der Waals surface area contributed by atoms with Crippen molar-refractivity contribution in [2.75, 3.05) is 45.7 Å². The van der Waals surface area contributed by atoms with Crippen LogP contribution in [0.3, 0.4) is 0 Å². The molecule has 8 nitrogen and oxygen atoms in total. The van der Waals surface area contributed by atoms with E-state index in [1.54, 1.807) is 26.5 Å². The molecule has 1 amide bonds. The van der Waals surface area contributed by atoms with Gasteiger partial charge in [-0.3, -0.25) is 4.79 Å². The fourth-order valence-electron chi connectivity index (χ4n) is 5.01. The molecule has 1 aromatic carbocycles. The first-order chi connectivity index (χ1) is 17.6. The molecule has 2 aromatic heterocycles. The summed E-state index contributed by atoms with van der Waals surface area (Å²) >= 11 is 6.27. The average molecular weight is 510 g/mol. The molecular weight excluding hydrogens is 478 g/mol. The van der Waals surface area contributed by atoms with Gasteiger partial charge >= 0.3 is 0 Å². The summed E-state index contributed by atoms with van der Waals surface area (Å²) in [6.07, 6.45) is 7.98. The molecule has 3 aromatic rings. The largest absolute Gasteiger partial charge is 0.495 e. The summed E-state index contributed by atoms with van der Waals surface area (Å²) in [6.45, 7) is 3.17. The second-order valence-electron chi connectivity index (χ2n) is 9.28. The molecule has 0 bridgehead atoms. The van der Waals surface area contributed by atoms with Gasteiger partial charge in [-0.15, -0.1) is 0 Å². The van der Waals surface area contributed by atoms with E-state index in [0.717, 1.165) is 73.4 Å². The Morgan fingerprint density at radius 2 is 2.03 bits per heavy atom. The molecule has 1 fully saturated rings. The summed E-state index contributed by atoms with van der Waals surface area (Å²) in [5.41, 5.74) is 4.65. The third-order valence-corrected chi connectivity index (χ3v) is 7.33. The van der Waals surface area contributed by atoms with E-state index in [1.807, 2.05) is 17.0 Å². The number of nitrogens with one attached hydrogen (secondary N) is 3. The van der Waals surface area contributed by atoms with E-state index in [4.69, 9.17) is 21.1 Å². The van der Waals surface area contributed by atoms with Crippen molar-refractivity contribution < 1.29 is 14.3 Å². The number of hydrogen-bond donors (Lipinski definition) is 3. The smallest absolute Gasteiger partial charge is 0.227 e. The van der Waals surface area contributed by atoms with Crippen molar-refractivity contribution in [1.29, 1.82) is 0 Å². The average Bonchev–Trinajstić information content (AvgIpc) is 3.17. The Balaban J connectivity index is 1.36. The number of nitrogens with zero attached hydrogens (tertiary/aromatic N) is 2. The number of aromatic amines is 1. The van der Waals surface area contributed by atoms with Gasteiger partial charge in [0.05, 0.1) is 36.5 Å². The SMILES string of the molecule is COc1cc(Nc2ccnc3[nH]c(C4=CCN(C(=O)[C@@H]5CCCCNC5)CC4)cc23)c(OC)cc1Cl. The summed E-state index contributed by atoms with van der Waals surface area (Å²) in [5.74, 6) is 1.55. The topological polar surface area (TPSA) is 91.5 Å². The number of pyridine rings is 1. The van der Waals surface area contributed by atoms with Crippen molar-refractivity contribution in [3.63, 3.8) is 0 Å². The van der Waals surface area contributed by atoms with E-state index in [9.17, 15) is 4.79 Å². The molecule has 0 saturated carbocycles. The number of hydrogen-bond acceptors (Lipinski definition) is 6. The minimum Gasteiger partial charge on any atom is -0.495 e. The molecule has 5 rings (SSSR count). The Kier molecular flexibility index (Phi) is 7.34. The van der Waals surface area contributed by atoms with Gasteiger partial charge in [-0.25, -0.2) is 4.98 Å². The highest BCUT2D eigenvalue weighted by Gasteiger charge is 2.26. The fourth-order valence-corrected chi connectivity index (χ4v) is 5.24. The zero-order valence-electron chi connectivity index (χ0n) is 20.7. The van der Waals surface area contributed by atoms with Crippen LogP contribution < -0.4 is 20.1 Å². The second-order valence-corrected chi connectivity index (χ2v) is 9.68. The molecule has 2 aliphatic heterocycles. The number of rotatable bonds is 6. The van der Waals surface area contributed by atoms with E-state index in [1.165, 1.54) is 5.57 Å². The summed E-state index contributed by atoms with van der Waals surface area (Å²) < 4.78 is 10.9. The highest BCUT2D eigenvalue weighted by Crippen LogP contribution is 2.39. The standard InChI is InChI=1S/C27H32ClN5O3/c1-35-24-15-23(25(36-2)14-20(24)28)31-21-6-10-30-26-19(21)13-22(32-26)17-7-11-33(12-8-17)27(34)18-5-3-4-9-29-16-18/h6-7,10,13-15,18,29H,3-5,8-9,11-12,16H2,1-2H3,(H2,30,31,32)/t18-/m1/s1. The Labute approximate surface area is 216 Å². The minimum absolute atomic E-state index is 0.0943. The minimum atomic E-state index is 0.0943. The van der Waals surface area contributed by atoms with Crippen LogP contribution in [0.15, 0.2) is 36.5 Å². The van der Waals surface area contributed by atoms with Gasteiger partial charge in [0.1, 0.15) is 17.1 Å². The van der Waals surface area contributed by atoms with Crippen LogP contribution >= 0.6 is 11.6 Å². The van der Waals surface area contributed by atoms with Gasteiger partial charge in [0.15, 0.2) is 0 Å². The zero-order chi connectivity index (χ0) is 25.1. The first kappa shape index (κ1) is 24.5. The summed E-state index contributed by atoms with van der Waals surface area (Å²) in [4.78, 5) is 23.0. The molecule has 190 valence electrons. The second kappa shape index (κ2) is 10.8. The van der Waals surface area contributed by atoms with Crippen molar-refractivity contribution in [3.05, 3.63) is 47.3 Å². The fraction of sp³-hybridized carbons (Fsp3) is 0.407. The van der Waals surface area contributed by atoms with Crippen LogP contribution in [0.5, 0.6) is 11.5 Å². The van der Waals surface area contributed by atoms with Gasteiger partial charge in [-0.05, 0) is 43.5 Å². The van der Waals surface area contributed by atoms with Crippen molar-refractivity contribution in [2.45, 2.75) is 25.7 Å². The molecule has 2 aliphatic rings. The van der Waals surface area contributed by atoms with Gasteiger partial charge in [-0.2, -0.15) is 0 Å². The highest BCUT2D eigenvalue weighted by atomic mass is 35.5. The van der Waals surface area contributed by atoms with Crippen LogP contribution in [0.2, 0.25) is 5.02 Å². The van der Waals surface area contributed by atoms with Crippen LogP contribution in [0.4, 0.5) is 11.4 Å². The lowest BCUT2D eigenvalue weighted by atomic mass is 9.99. The van der Waals surface area contributed by atoms with E-state index in [2.05, 4.69) is 32.7 Å². The van der Waals surface area contributed by atoms with Crippen molar-refractivity contribution >= 4 is 45.5 Å². The van der Waals surface area contributed by atoms with E-state index >= 15 is 0 Å². The van der Waals surface area contributed by atoms with Crippen LogP contribution in [0.25, 0.3) is 16.6 Å². The molecule has 0 radical (unpaired) electrons. The molecule has 9 heteroatoms. The van der Waals surface area contributed by atoms with Gasteiger partial charge in [0.25, 0.3) is 0 Å². The lowest BCUT2D eigenvalue weighted by Crippen LogP contribution is -2.41. The molecular formula is C27H32ClN5O3. The normalized spacial score (nSPS) is 18.5. The number of H-pyrrole nitrogens is 1. The Morgan fingerprint density at radius 3 is 2.81 bits per heavy atom. The predicted molar refractivity (Wildman–Crippen MR) is 143 cm³/mol. The maximum atomic E-state index is 13.0. The lowest BCUT2D eigenvalue weighted by molar-refractivity contribution is -0.135. The lowest BCUT2D eigenvalue weighted by Gasteiger charge is -2.29. The summed E-state index contributed by atoms with van der Waals surface area (Å²) in [5, 5.41) is 8.30. The number of aromatic nitrogens is 2. The number of ether oxygens (including phenoxy) is 2. The maximum Gasteiger partial charge on any atom is 0.227 e. The van der Waals surface area contributed by atoms with Gasteiger partial charge in [0, 0.05) is 49.0 Å². The molecule has 1 atom stereocenters. The predicted octanol–water partition coefficient (Wildman–Crippen LogP) is 4.98. The Hall–Kier alpha value is -3.23. The van der Waals surface area contributed by atoms with Crippen molar-refractivity contribution in [1.82, 2.24) is 20.2 Å². The van der Waals surface area contributed by atoms with Crippen LogP contribution in [0.1, 0.15) is 31.4 Å². The monoisotopic (exact) mass is 509 g/mol. The first-order valence-corrected chi connectivity index (χ1v) is 12.8. The quantitative estimate of drug-likeness (QED) is 0.434. The maximum absolute atomic E-state index is 13.0. The van der Waals surface area contributed by atoms with E-state index in [-0.39, 0.29) is 11.8 Å². The third-order valence-electron chi connectivity index (χ3n) is 7.04. The number of methoxy groups -OCH3 is 2. The van der Waals surface area contributed by atoms with Crippen LogP contribution in [-0.4, -0.2) is 61.2 Å². The number of fused-ring (bicyclic) bond motifs is 1. The van der Waals surface area contributed by atoms with Crippen molar-refractivity contribution in [3.8, 4) is 11.5 Å². The first-order valence-electron chi connectivity index (χ1n) is 12.4. The van der Waals surface area contributed by atoms with Gasteiger partial charge < -0.3 is 30.0 Å². The number of benzene rings is 1. The molecule has 4 heterocycles. The zero-order valence-corrected chi connectivity index (χ0v) is 21.5. The molecule has 3 N–H and O–H groups in total. The van der Waals surface area contributed by atoms with Crippen LogP contribution in [0, 0.1) is 5.92 Å². The summed E-state index contributed by atoms with van der Waals surface area (Å²) in [7, 11) is 3.19. The van der Waals surface area contributed by atoms with Crippen LogP contribution in [-0.2, 0) is 4.79 Å². The molecule has 36 heavy (non-hydrogen) atoms. The molecule has 0 spiro atoms. The summed E-state index contributed by atoms with van der Waals surface area (Å²) in [6, 6.07) is 7.59. The third kappa shape index (κ3) is 5.01. The number of halogens is 1. The van der Waals surface area contributed by atoms with Gasteiger partial charge in [0.2, 0.25) is 5.91 Å². The molecule has 0 aliphatic carbocycles. The highest BCUT2D eigenvalue weighted by molar-refractivity contribution is 6.32. The van der Waals surface area contributed by atoms with Crippen molar-refractivity contribution in [2.24, 2.45) is 5.92 Å². The number of carbonyl (C=O) groups is 1.